The van der Waals surface area contributed by atoms with Crippen molar-refractivity contribution in [3.8, 4) is 0 Å². The Morgan fingerprint density at radius 1 is 1.14 bits per heavy atom. The third kappa shape index (κ3) is 3.94. The van der Waals surface area contributed by atoms with Gasteiger partial charge < -0.3 is 5.11 Å². The topological polar surface area (TPSA) is 57.6 Å². The fraction of sp³-hybridized carbons (Fsp3) is 0.273. The van der Waals surface area contributed by atoms with Crippen LogP contribution in [0, 0.1) is 12.8 Å². The van der Waals surface area contributed by atoms with E-state index in [4.69, 9.17) is 23.2 Å². The predicted octanol–water partition coefficient (Wildman–Crippen LogP) is 5.82. The van der Waals surface area contributed by atoms with Crippen molar-refractivity contribution in [3.63, 3.8) is 0 Å². The van der Waals surface area contributed by atoms with Gasteiger partial charge in [0.1, 0.15) is 0 Å². The Morgan fingerprint density at radius 2 is 1.79 bits per heavy atom. The Hall–Kier alpha value is -2.30. The summed E-state index contributed by atoms with van der Waals surface area (Å²) in [5.74, 6) is -1.32. The van der Waals surface area contributed by atoms with Crippen molar-refractivity contribution in [2.45, 2.75) is 33.2 Å². The van der Waals surface area contributed by atoms with Crippen LogP contribution in [0.5, 0.6) is 0 Å². The van der Waals surface area contributed by atoms with Crippen molar-refractivity contribution in [2.75, 3.05) is 4.90 Å². The summed E-state index contributed by atoms with van der Waals surface area (Å²) in [5.41, 5.74) is 2.25. The molecule has 1 unspecified atom stereocenters. The minimum absolute atomic E-state index is 0.0933. The smallest absolute Gasteiger partial charge is 0.294 e. The molecule has 0 bridgehead atoms. The fourth-order valence-electron chi connectivity index (χ4n) is 3.47. The van der Waals surface area contributed by atoms with Crippen LogP contribution >= 0.6 is 23.2 Å². The zero-order valence-corrected chi connectivity index (χ0v) is 17.4. The lowest BCUT2D eigenvalue weighted by Crippen LogP contribution is -2.31. The fourth-order valence-corrected chi connectivity index (χ4v) is 3.99. The number of rotatable bonds is 5. The van der Waals surface area contributed by atoms with Crippen LogP contribution in [0.3, 0.4) is 0 Å². The second-order valence-electron chi connectivity index (χ2n) is 7.40. The molecule has 4 nitrogen and oxygen atoms in total. The first-order valence-electron chi connectivity index (χ1n) is 9.01. The van der Waals surface area contributed by atoms with E-state index in [1.807, 2.05) is 45.0 Å². The third-order valence-electron chi connectivity index (χ3n) is 4.59. The zero-order valence-electron chi connectivity index (χ0n) is 15.9. The van der Waals surface area contributed by atoms with Crippen LogP contribution < -0.4 is 4.90 Å². The normalized spacial score (nSPS) is 17.0. The lowest BCUT2D eigenvalue weighted by atomic mass is 9.91. The number of anilines is 1. The van der Waals surface area contributed by atoms with Gasteiger partial charge in [0, 0.05) is 22.2 Å². The summed E-state index contributed by atoms with van der Waals surface area (Å²) in [6.45, 7) is 5.77. The van der Waals surface area contributed by atoms with Crippen molar-refractivity contribution >= 4 is 40.6 Å². The predicted molar refractivity (Wildman–Crippen MR) is 112 cm³/mol. The van der Waals surface area contributed by atoms with E-state index in [9.17, 15) is 14.7 Å². The molecule has 2 aromatic carbocycles. The van der Waals surface area contributed by atoms with Crippen molar-refractivity contribution in [2.24, 2.45) is 5.92 Å². The molecular weight excluding hydrogens is 397 g/mol. The van der Waals surface area contributed by atoms with Gasteiger partial charge in [0.25, 0.3) is 5.91 Å². The maximum absolute atomic E-state index is 13.0. The lowest BCUT2D eigenvalue weighted by molar-refractivity contribution is -0.118. The quantitative estimate of drug-likeness (QED) is 0.666. The summed E-state index contributed by atoms with van der Waals surface area (Å²) >= 11 is 12.3. The van der Waals surface area contributed by atoms with E-state index in [0.717, 1.165) is 11.1 Å². The van der Waals surface area contributed by atoms with Gasteiger partial charge in [-0.25, -0.2) is 0 Å². The van der Waals surface area contributed by atoms with Gasteiger partial charge in [0.2, 0.25) is 0 Å². The van der Waals surface area contributed by atoms with Crippen LogP contribution in [0.25, 0.3) is 0 Å². The number of amides is 1. The largest absolute Gasteiger partial charge is 0.503 e. The number of carbonyl (C=O) groups is 2. The zero-order chi connectivity index (χ0) is 20.6. The van der Waals surface area contributed by atoms with Gasteiger partial charge in [-0.15, -0.1) is 0 Å². The van der Waals surface area contributed by atoms with E-state index in [1.165, 1.54) is 4.90 Å². The van der Waals surface area contributed by atoms with E-state index < -0.39 is 17.7 Å². The molecule has 0 saturated heterocycles. The molecule has 1 N–H and O–H groups in total. The SMILES string of the molecule is Cc1cccc(C2C(C(=O)CC(C)C)=C(O)C(=O)N2c2cc(Cl)cc(Cl)c2)c1. The molecule has 0 aromatic heterocycles. The number of aliphatic hydroxyl groups excluding tert-OH is 1. The summed E-state index contributed by atoms with van der Waals surface area (Å²) in [6, 6.07) is 11.5. The average molecular weight is 418 g/mol. The molecule has 1 aliphatic rings. The molecule has 0 radical (unpaired) electrons. The first-order chi connectivity index (χ1) is 13.2. The molecule has 2 aromatic rings. The highest BCUT2D eigenvalue weighted by atomic mass is 35.5. The molecule has 146 valence electrons. The molecule has 1 amide bonds. The number of halogens is 2. The van der Waals surface area contributed by atoms with Gasteiger partial charge in [-0.3, -0.25) is 14.5 Å². The number of hydrogen-bond donors (Lipinski definition) is 1. The second-order valence-corrected chi connectivity index (χ2v) is 8.28. The van der Waals surface area contributed by atoms with Gasteiger partial charge in [0.15, 0.2) is 11.5 Å². The molecule has 1 atom stereocenters. The van der Waals surface area contributed by atoms with Gasteiger partial charge in [-0.2, -0.15) is 0 Å². The standard InChI is InChI=1S/C22H21Cl2NO3/c1-12(2)7-18(26)19-20(14-6-4-5-13(3)8-14)25(22(28)21(19)27)17-10-15(23)9-16(24)11-17/h4-6,8-12,20,27H,7H2,1-3H3. The highest BCUT2D eigenvalue weighted by Crippen LogP contribution is 2.43. The Morgan fingerprint density at radius 3 is 2.36 bits per heavy atom. The Kier molecular flexibility index (Phi) is 5.82. The summed E-state index contributed by atoms with van der Waals surface area (Å²) in [7, 11) is 0. The first kappa shape index (κ1) is 20.4. The monoisotopic (exact) mass is 417 g/mol. The maximum atomic E-state index is 13.0. The number of Topliss-reactive ketones (excluding diaryl/α,β-unsaturated/α-hetero) is 1. The van der Waals surface area contributed by atoms with Crippen molar-refractivity contribution in [3.05, 3.63) is 75.0 Å². The second kappa shape index (κ2) is 7.98. The van der Waals surface area contributed by atoms with E-state index in [2.05, 4.69) is 0 Å². The van der Waals surface area contributed by atoms with Crippen LogP contribution in [-0.4, -0.2) is 16.8 Å². The van der Waals surface area contributed by atoms with E-state index in [0.29, 0.717) is 15.7 Å². The van der Waals surface area contributed by atoms with E-state index in [1.54, 1.807) is 18.2 Å². The Balaban J connectivity index is 2.19. The first-order valence-corrected chi connectivity index (χ1v) is 9.77. The number of carbonyl (C=O) groups excluding carboxylic acids is 2. The molecule has 0 fully saturated rings. The van der Waals surface area contributed by atoms with Crippen molar-refractivity contribution in [1.82, 2.24) is 0 Å². The summed E-state index contributed by atoms with van der Waals surface area (Å²) < 4.78 is 0. The van der Waals surface area contributed by atoms with Crippen molar-refractivity contribution in [1.29, 1.82) is 0 Å². The number of ketones is 1. The number of nitrogens with zero attached hydrogens (tertiary/aromatic N) is 1. The molecule has 28 heavy (non-hydrogen) atoms. The van der Waals surface area contributed by atoms with Gasteiger partial charge in [0.05, 0.1) is 11.6 Å². The number of aryl methyl sites for hydroxylation is 1. The van der Waals surface area contributed by atoms with Crippen LogP contribution in [0.2, 0.25) is 10.0 Å². The molecule has 3 rings (SSSR count). The molecule has 0 saturated carbocycles. The number of benzene rings is 2. The third-order valence-corrected chi connectivity index (χ3v) is 5.02. The van der Waals surface area contributed by atoms with Gasteiger partial charge >= 0.3 is 0 Å². The van der Waals surface area contributed by atoms with Crippen LogP contribution in [0.15, 0.2) is 53.8 Å². The Bertz CT molecular complexity index is 961. The van der Waals surface area contributed by atoms with E-state index in [-0.39, 0.29) is 23.7 Å². The summed E-state index contributed by atoms with van der Waals surface area (Å²) in [6.07, 6.45) is 0.235. The van der Waals surface area contributed by atoms with Gasteiger partial charge in [-0.1, -0.05) is 66.9 Å². The highest BCUT2D eigenvalue weighted by molar-refractivity contribution is 6.35. The highest BCUT2D eigenvalue weighted by Gasteiger charge is 2.44. The van der Waals surface area contributed by atoms with Crippen molar-refractivity contribution < 1.29 is 14.7 Å². The Labute approximate surface area is 174 Å². The van der Waals surface area contributed by atoms with Crippen LogP contribution in [-0.2, 0) is 9.59 Å². The molecule has 0 aliphatic carbocycles. The average Bonchev–Trinajstić information content (AvgIpc) is 2.85. The van der Waals surface area contributed by atoms with Crippen LogP contribution in [0.4, 0.5) is 5.69 Å². The minimum Gasteiger partial charge on any atom is -0.503 e. The summed E-state index contributed by atoms with van der Waals surface area (Å²) in [5, 5.41) is 11.3. The van der Waals surface area contributed by atoms with Gasteiger partial charge in [-0.05, 0) is 36.6 Å². The molecular formula is C22H21Cl2NO3. The lowest BCUT2D eigenvalue weighted by Gasteiger charge is -2.27. The minimum atomic E-state index is -0.742. The molecule has 1 aliphatic heterocycles. The molecule has 6 heteroatoms. The molecule has 0 spiro atoms. The van der Waals surface area contributed by atoms with Crippen LogP contribution in [0.1, 0.15) is 37.4 Å². The number of aliphatic hydroxyl groups is 1. The van der Waals surface area contributed by atoms with E-state index >= 15 is 0 Å². The summed E-state index contributed by atoms with van der Waals surface area (Å²) in [4.78, 5) is 27.3. The molecule has 1 heterocycles. The number of hydrogen-bond acceptors (Lipinski definition) is 3. The maximum Gasteiger partial charge on any atom is 0.294 e.